The average Bonchev–Trinajstić information content (AvgIpc) is 3.40. The van der Waals surface area contributed by atoms with Crippen LogP contribution in [0.5, 0.6) is 0 Å². The first-order valence-corrected chi connectivity index (χ1v) is 9.29. The van der Waals surface area contributed by atoms with E-state index >= 15 is 0 Å². The van der Waals surface area contributed by atoms with E-state index in [-0.39, 0.29) is 24.0 Å². The van der Waals surface area contributed by atoms with E-state index in [9.17, 15) is 14.4 Å². The number of carbonyl (C=O) groups is 3. The fourth-order valence-corrected chi connectivity index (χ4v) is 2.95. The summed E-state index contributed by atoms with van der Waals surface area (Å²) < 4.78 is 10.2. The minimum Gasteiger partial charge on any atom is -0.467 e. The van der Waals surface area contributed by atoms with E-state index in [1.54, 1.807) is 43.4 Å². The zero-order chi connectivity index (χ0) is 19.9. The van der Waals surface area contributed by atoms with Crippen molar-refractivity contribution in [3.8, 4) is 0 Å². The van der Waals surface area contributed by atoms with Crippen molar-refractivity contribution in [2.24, 2.45) is 0 Å². The summed E-state index contributed by atoms with van der Waals surface area (Å²) in [4.78, 5) is 38.2. The molecule has 3 aromatic rings. The van der Waals surface area contributed by atoms with Gasteiger partial charge in [-0.1, -0.05) is 6.07 Å². The Morgan fingerprint density at radius 2 is 1.89 bits per heavy atom. The van der Waals surface area contributed by atoms with Crippen LogP contribution in [0.15, 0.2) is 64.6 Å². The van der Waals surface area contributed by atoms with Gasteiger partial charge in [-0.25, -0.2) is 4.79 Å². The van der Waals surface area contributed by atoms with Gasteiger partial charge in [-0.05, 0) is 47.8 Å². The number of likely N-dealkylation sites (N-methyl/N-ethyl adjacent to an activating group) is 1. The maximum absolute atomic E-state index is 12.1. The van der Waals surface area contributed by atoms with Crippen molar-refractivity contribution in [2.75, 3.05) is 19.0 Å². The Morgan fingerprint density at radius 1 is 1.11 bits per heavy atom. The van der Waals surface area contributed by atoms with E-state index in [0.717, 1.165) is 0 Å². The Hall–Kier alpha value is -3.39. The molecule has 0 saturated heterocycles. The molecule has 144 valence electrons. The van der Waals surface area contributed by atoms with E-state index in [4.69, 9.17) is 9.15 Å². The van der Waals surface area contributed by atoms with Gasteiger partial charge in [0.05, 0.1) is 23.2 Å². The third-order valence-corrected chi connectivity index (χ3v) is 4.72. The van der Waals surface area contributed by atoms with E-state index in [0.29, 0.717) is 22.9 Å². The number of anilines is 1. The summed E-state index contributed by atoms with van der Waals surface area (Å²) in [6.45, 7) is -0.0745. The molecule has 0 saturated carbocycles. The number of hydrogen-bond donors (Lipinski definition) is 1. The summed E-state index contributed by atoms with van der Waals surface area (Å²) in [6, 6.07) is 13.3. The van der Waals surface area contributed by atoms with Crippen molar-refractivity contribution in [1.82, 2.24) is 4.90 Å². The normalized spacial score (nSPS) is 10.3. The van der Waals surface area contributed by atoms with Gasteiger partial charge < -0.3 is 19.4 Å². The van der Waals surface area contributed by atoms with Crippen LogP contribution in [0.2, 0.25) is 0 Å². The van der Waals surface area contributed by atoms with E-state index < -0.39 is 5.97 Å². The van der Waals surface area contributed by atoms with E-state index in [1.165, 1.54) is 34.6 Å². The number of esters is 1. The van der Waals surface area contributed by atoms with Gasteiger partial charge in [-0.15, -0.1) is 11.3 Å². The molecule has 0 fully saturated rings. The molecule has 2 aromatic heterocycles. The molecule has 0 unspecified atom stereocenters. The molecule has 0 spiro atoms. The molecule has 2 amide bonds. The van der Waals surface area contributed by atoms with Crippen LogP contribution in [-0.4, -0.2) is 36.3 Å². The highest BCUT2D eigenvalue weighted by Gasteiger charge is 2.15. The van der Waals surface area contributed by atoms with Gasteiger partial charge in [0.1, 0.15) is 5.76 Å². The summed E-state index contributed by atoms with van der Waals surface area (Å²) in [5, 5.41) is 4.57. The molecule has 0 aliphatic carbocycles. The van der Waals surface area contributed by atoms with Gasteiger partial charge in [0, 0.05) is 12.7 Å². The second-order valence-electron chi connectivity index (χ2n) is 5.91. The van der Waals surface area contributed by atoms with Gasteiger partial charge >= 0.3 is 5.97 Å². The molecule has 0 aliphatic heterocycles. The Kier molecular flexibility index (Phi) is 6.23. The predicted molar refractivity (Wildman–Crippen MR) is 104 cm³/mol. The zero-order valence-corrected chi connectivity index (χ0v) is 15.9. The van der Waals surface area contributed by atoms with Crippen LogP contribution in [-0.2, 0) is 16.1 Å². The van der Waals surface area contributed by atoms with Gasteiger partial charge in [0.15, 0.2) is 6.61 Å². The standard InChI is InChI=1S/C20H18N2O5S/c1-22(12-16-4-2-10-26-16)18(23)13-27-20(25)14-6-8-15(9-7-14)21-19(24)17-5-3-11-28-17/h2-11H,12-13H2,1H3,(H,21,24). The maximum atomic E-state index is 12.1. The molecule has 0 radical (unpaired) electrons. The van der Waals surface area contributed by atoms with Crippen LogP contribution >= 0.6 is 11.3 Å². The SMILES string of the molecule is CN(Cc1ccco1)C(=O)COC(=O)c1ccc(NC(=O)c2cccs2)cc1. The molecule has 1 N–H and O–H groups in total. The highest BCUT2D eigenvalue weighted by Crippen LogP contribution is 2.15. The lowest BCUT2D eigenvalue weighted by Gasteiger charge is -2.15. The topological polar surface area (TPSA) is 88.8 Å². The van der Waals surface area contributed by atoms with E-state index in [1.807, 2.05) is 5.38 Å². The number of amides is 2. The number of carbonyl (C=O) groups excluding carboxylic acids is 3. The second kappa shape index (κ2) is 9.01. The third-order valence-electron chi connectivity index (χ3n) is 3.85. The average molecular weight is 398 g/mol. The number of hydrogen-bond acceptors (Lipinski definition) is 6. The number of nitrogens with zero attached hydrogens (tertiary/aromatic N) is 1. The minimum atomic E-state index is -0.615. The molecular weight excluding hydrogens is 380 g/mol. The molecule has 3 rings (SSSR count). The number of benzene rings is 1. The molecule has 7 nitrogen and oxygen atoms in total. The number of nitrogens with one attached hydrogen (secondary N) is 1. The van der Waals surface area contributed by atoms with Crippen molar-refractivity contribution in [2.45, 2.75) is 6.54 Å². The monoisotopic (exact) mass is 398 g/mol. The Labute approximate surface area is 165 Å². The van der Waals surface area contributed by atoms with Crippen LogP contribution in [0.3, 0.4) is 0 Å². The minimum absolute atomic E-state index is 0.212. The van der Waals surface area contributed by atoms with Crippen LogP contribution < -0.4 is 5.32 Å². The number of furan rings is 1. The maximum Gasteiger partial charge on any atom is 0.338 e. The first-order chi connectivity index (χ1) is 13.5. The zero-order valence-electron chi connectivity index (χ0n) is 15.1. The molecular formula is C20H18N2O5S. The summed E-state index contributed by atoms with van der Waals surface area (Å²) >= 11 is 1.34. The Balaban J connectivity index is 1.49. The summed E-state index contributed by atoms with van der Waals surface area (Å²) in [5.41, 5.74) is 0.847. The smallest absolute Gasteiger partial charge is 0.338 e. The van der Waals surface area contributed by atoms with Crippen molar-refractivity contribution < 1.29 is 23.5 Å². The first-order valence-electron chi connectivity index (χ1n) is 8.41. The third kappa shape index (κ3) is 5.08. The van der Waals surface area contributed by atoms with Crippen LogP contribution in [0.4, 0.5) is 5.69 Å². The molecule has 2 heterocycles. The number of rotatable bonds is 7. The lowest BCUT2D eigenvalue weighted by atomic mass is 10.2. The largest absolute Gasteiger partial charge is 0.467 e. The molecule has 1 aromatic carbocycles. The highest BCUT2D eigenvalue weighted by atomic mass is 32.1. The molecule has 28 heavy (non-hydrogen) atoms. The van der Waals surface area contributed by atoms with E-state index in [2.05, 4.69) is 5.32 Å². The van der Waals surface area contributed by atoms with Crippen LogP contribution in [0.1, 0.15) is 25.8 Å². The summed E-state index contributed by atoms with van der Waals surface area (Å²) in [7, 11) is 1.60. The van der Waals surface area contributed by atoms with Crippen LogP contribution in [0.25, 0.3) is 0 Å². The van der Waals surface area contributed by atoms with Gasteiger partial charge in [-0.3, -0.25) is 9.59 Å². The Morgan fingerprint density at radius 3 is 2.54 bits per heavy atom. The highest BCUT2D eigenvalue weighted by molar-refractivity contribution is 7.12. The van der Waals surface area contributed by atoms with Crippen molar-refractivity contribution in [3.63, 3.8) is 0 Å². The molecule has 0 bridgehead atoms. The van der Waals surface area contributed by atoms with Crippen molar-refractivity contribution in [3.05, 3.63) is 76.4 Å². The predicted octanol–water partition coefficient (Wildman–Crippen LogP) is 3.41. The van der Waals surface area contributed by atoms with Gasteiger partial charge in [0.25, 0.3) is 11.8 Å². The fraction of sp³-hybridized carbons (Fsp3) is 0.150. The molecule has 8 heteroatoms. The second-order valence-corrected chi connectivity index (χ2v) is 6.86. The Bertz CT molecular complexity index is 934. The summed E-state index contributed by atoms with van der Waals surface area (Å²) in [5.74, 6) is -0.529. The van der Waals surface area contributed by atoms with Gasteiger partial charge in [0.2, 0.25) is 0 Å². The quantitative estimate of drug-likeness (QED) is 0.616. The fourth-order valence-electron chi connectivity index (χ4n) is 2.34. The summed E-state index contributed by atoms with van der Waals surface area (Å²) in [6.07, 6.45) is 1.53. The van der Waals surface area contributed by atoms with Gasteiger partial charge in [-0.2, -0.15) is 0 Å². The van der Waals surface area contributed by atoms with Crippen molar-refractivity contribution >= 4 is 34.8 Å². The number of thiophene rings is 1. The molecule has 0 aliphatic rings. The lowest BCUT2D eigenvalue weighted by molar-refractivity contribution is -0.133. The lowest BCUT2D eigenvalue weighted by Crippen LogP contribution is -2.30. The first kappa shape index (κ1) is 19.4. The van der Waals surface area contributed by atoms with Crippen molar-refractivity contribution in [1.29, 1.82) is 0 Å². The van der Waals surface area contributed by atoms with Crippen LogP contribution in [0, 0.1) is 0 Å². The number of ether oxygens (including phenoxy) is 1. The molecule has 0 atom stereocenters.